The van der Waals surface area contributed by atoms with Gasteiger partial charge in [0.2, 0.25) is 6.08 Å². The minimum atomic E-state index is 0.257. The number of ether oxygens (including phenoxy) is 1. The van der Waals surface area contributed by atoms with Crippen molar-refractivity contribution in [3.05, 3.63) is 40.6 Å². The van der Waals surface area contributed by atoms with Gasteiger partial charge in [-0.1, -0.05) is 0 Å². The van der Waals surface area contributed by atoms with Gasteiger partial charge in [-0.15, -0.1) is 0 Å². The number of aromatic nitrogens is 2. The Kier molecular flexibility index (Phi) is 3.82. The lowest BCUT2D eigenvalue weighted by atomic mass is 10.2. The van der Waals surface area contributed by atoms with E-state index in [1.807, 2.05) is 6.92 Å². The minimum Gasteiger partial charge on any atom is -0.424 e. The van der Waals surface area contributed by atoms with Crippen molar-refractivity contribution in [2.45, 2.75) is 6.92 Å². The third kappa shape index (κ3) is 3.00. The third-order valence-corrected chi connectivity index (χ3v) is 2.54. The molecule has 5 nitrogen and oxygen atoms in total. The highest BCUT2D eigenvalue weighted by molar-refractivity contribution is 9.10. The first-order chi connectivity index (χ1) is 8.69. The molecule has 1 aromatic carbocycles. The van der Waals surface area contributed by atoms with Crippen LogP contribution in [0, 0.1) is 6.92 Å². The van der Waals surface area contributed by atoms with Gasteiger partial charge in [-0.2, -0.15) is 4.99 Å². The van der Waals surface area contributed by atoms with Crippen molar-refractivity contribution in [3.8, 4) is 11.8 Å². The zero-order chi connectivity index (χ0) is 13.0. The van der Waals surface area contributed by atoms with Gasteiger partial charge in [-0.3, -0.25) is 0 Å². The molecule has 0 radical (unpaired) electrons. The summed E-state index contributed by atoms with van der Waals surface area (Å²) in [6.45, 7) is 1.85. The zero-order valence-electron chi connectivity index (χ0n) is 9.42. The summed E-state index contributed by atoms with van der Waals surface area (Å²) in [6, 6.07) is 5.34. The number of halogens is 1. The van der Waals surface area contributed by atoms with E-state index in [9.17, 15) is 4.79 Å². The maximum absolute atomic E-state index is 10.1. The molecule has 0 saturated heterocycles. The lowest BCUT2D eigenvalue weighted by Crippen LogP contribution is -1.92. The second kappa shape index (κ2) is 5.53. The fraction of sp³-hybridized carbons (Fsp3) is 0.0833. The average Bonchev–Trinajstić information content (AvgIpc) is 2.36. The highest BCUT2D eigenvalue weighted by atomic mass is 79.9. The SMILES string of the molecule is Cc1cc(N=C=O)ccc1Oc1ncc(Br)cn1. The number of aliphatic imine (C=N–C) groups is 1. The van der Waals surface area contributed by atoms with E-state index in [4.69, 9.17) is 4.74 Å². The first-order valence-corrected chi connectivity index (χ1v) is 5.82. The van der Waals surface area contributed by atoms with Gasteiger partial charge in [0.25, 0.3) is 0 Å². The van der Waals surface area contributed by atoms with Crippen molar-refractivity contribution in [1.29, 1.82) is 0 Å². The van der Waals surface area contributed by atoms with E-state index in [0.29, 0.717) is 11.4 Å². The number of rotatable bonds is 3. The molecule has 1 heterocycles. The summed E-state index contributed by atoms with van der Waals surface area (Å²) in [5.41, 5.74) is 1.37. The van der Waals surface area contributed by atoms with Crippen molar-refractivity contribution in [1.82, 2.24) is 9.97 Å². The van der Waals surface area contributed by atoms with Crippen LogP contribution in [0.3, 0.4) is 0 Å². The van der Waals surface area contributed by atoms with Crippen molar-refractivity contribution in [2.75, 3.05) is 0 Å². The highest BCUT2D eigenvalue weighted by Gasteiger charge is 2.04. The first-order valence-electron chi connectivity index (χ1n) is 5.03. The summed E-state index contributed by atoms with van der Waals surface area (Å²) < 4.78 is 6.29. The maximum atomic E-state index is 10.1. The van der Waals surface area contributed by atoms with Crippen LogP contribution in [0.1, 0.15) is 5.56 Å². The Bertz CT molecular complexity index is 607. The second-order valence-electron chi connectivity index (χ2n) is 3.44. The number of isocyanates is 1. The Hall–Kier alpha value is -2.04. The van der Waals surface area contributed by atoms with E-state index in [1.54, 1.807) is 30.6 Å². The van der Waals surface area contributed by atoms with E-state index in [2.05, 4.69) is 30.9 Å². The number of carbonyl (C=O) groups excluding carboxylic acids is 1. The molecule has 0 fully saturated rings. The molecular weight excluding hydrogens is 298 g/mol. The van der Waals surface area contributed by atoms with Gasteiger partial charge in [0.05, 0.1) is 10.2 Å². The van der Waals surface area contributed by atoms with Crippen LogP contribution in [0.4, 0.5) is 5.69 Å². The molecule has 0 unspecified atom stereocenters. The summed E-state index contributed by atoms with van der Waals surface area (Å²) in [5, 5.41) is 0. The lowest BCUT2D eigenvalue weighted by Gasteiger charge is -2.06. The van der Waals surface area contributed by atoms with Crippen molar-refractivity contribution in [3.63, 3.8) is 0 Å². The van der Waals surface area contributed by atoms with Gasteiger partial charge in [0.15, 0.2) is 0 Å². The monoisotopic (exact) mass is 305 g/mol. The summed E-state index contributed by atoms with van der Waals surface area (Å²) in [4.78, 5) is 21.7. The molecule has 0 atom stereocenters. The molecule has 0 aliphatic heterocycles. The molecule has 0 saturated carbocycles. The Morgan fingerprint density at radius 2 is 2.06 bits per heavy atom. The molecule has 0 amide bonds. The van der Waals surface area contributed by atoms with Gasteiger partial charge >= 0.3 is 6.01 Å². The van der Waals surface area contributed by atoms with Crippen molar-refractivity contribution in [2.24, 2.45) is 4.99 Å². The third-order valence-electron chi connectivity index (χ3n) is 2.13. The number of benzene rings is 1. The largest absolute Gasteiger partial charge is 0.424 e. The number of hydrogen-bond donors (Lipinski definition) is 0. The molecule has 0 spiro atoms. The van der Waals surface area contributed by atoms with Crippen LogP contribution in [0.5, 0.6) is 11.8 Å². The Labute approximate surface area is 112 Å². The fourth-order valence-electron chi connectivity index (χ4n) is 1.32. The minimum absolute atomic E-state index is 0.257. The van der Waals surface area contributed by atoms with E-state index < -0.39 is 0 Å². The fourth-order valence-corrected chi connectivity index (χ4v) is 1.53. The quantitative estimate of drug-likeness (QED) is 0.644. The van der Waals surface area contributed by atoms with Crippen LogP contribution in [0.15, 0.2) is 40.1 Å². The molecule has 2 aromatic rings. The Balaban J connectivity index is 2.24. The molecular formula is C12H8BrN3O2. The molecule has 6 heteroatoms. The average molecular weight is 306 g/mol. The molecule has 0 aliphatic carbocycles. The van der Waals surface area contributed by atoms with Gasteiger partial charge in [-0.05, 0) is 46.6 Å². The summed E-state index contributed by atoms with van der Waals surface area (Å²) in [5.74, 6) is 0.613. The second-order valence-corrected chi connectivity index (χ2v) is 4.35. The first kappa shape index (κ1) is 12.4. The summed E-state index contributed by atoms with van der Waals surface area (Å²) >= 11 is 3.24. The van der Waals surface area contributed by atoms with Gasteiger partial charge < -0.3 is 4.74 Å². The van der Waals surface area contributed by atoms with Gasteiger partial charge in [0.1, 0.15) is 5.75 Å². The van der Waals surface area contributed by atoms with Crippen LogP contribution in [0.2, 0.25) is 0 Å². The summed E-state index contributed by atoms with van der Waals surface area (Å²) in [6.07, 6.45) is 4.69. The molecule has 18 heavy (non-hydrogen) atoms. The number of aryl methyl sites for hydroxylation is 1. The van der Waals surface area contributed by atoms with Crippen molar-refractivity contribution < 1.29 is 9.53 Å². The summed E-state index contributed by atoms with van der Waals surface area (Å²) in [7, 11) is 0. The van der Waals surface area contributed by atoms with Crippen LogP contribution in [-0.2, 0) is 4.79 Å². The van der Waals surface area contributed by atoms with E-state index in [1.165, 1.54) is 6.08 Å². The van der Waals surface area contributed by atoms with Crippen molar-refractivity contribution >= 4 is 27.7 Å². The van der Waals surface area contributed by atoms with Crippen LogP contribution < -0.4 is 4.74 Å². The van der Waals surface area contributed by atoms with Gasteiger partial charge in [0, 0.05) is 12.4 Å². The zero-order valence-corrected chi connectivity index (χ0v) is 11.0. The molecule has 0 aliphatic rings. The standard InChI is InChI=1S/C12H8BrN3O2/c1-8-4-10(16-7-17)2-3-11(8)18-12-14-5-9(13)6-15-12/h2-6H,1H3. The van der Waals surface area contributed by atoms with Crippen LogP contribution >= 0.6 is 15.9 Å². The Morgan fingerprint density at radius 3 is 2.67 bits per heavy atom. The Morgan fingerprint density at radius 1 is 1.33 bits per heavy atom. The number of hydrogen-bond acceptors (Lipinski definition) is 5. The highest BCUT2D eigenvalue weighted by Crippen LogP contribution is 2.26. The topological polar surface area (TPSA) is 64.4 Å². The molecule has 0 N–H and O–H groups in total. The van der Waals surface area contributed by atoms with Gasteiger partial charge in [-0.25, -0.2) is 14.8 Å². The predicted octanol–water partition coefficient (Wildman–Crippen LogP) is 3.31. The molecule has 0 bridgehead atoms. The van der Waals surface area contributed by atoms with Crippen LogP contribution in [0.25, 0.3) is 0 Å². The van der Waals surface area contributed by atoms with E-state index in [0.717, 1.165) is 10.0 Å². The molecule has 1 aromatic heterocycles. The smallest absolute Gasteiger partial charge is 0.321 e. The normalized spacial score (nSPS) is 9.67. The molecule has 90 valence electrons. The van der Waals surface area contributed by atoms with E-state index in [-0.39, 0.29) is 6.01 Å². The van der Waals surface area contributed by atoms with Crippen LogP contribution in [-0.4, -0.2) is 16.0 Å². The van der Waals surface area contributed by atoms with E-state index >= 15 is 0 Å². The maximum Gasteiger partial charge on any atom is 0.321 e. The molecule has 2 rings (SSSR count). The number of nitrogens with zero attached hydrogens (tertiary/aromatic N) is 3. The lowest BCUT2D eigenvalue weighted by molar-refractivity contribution is 0.438. The predicted molar refractivity (Wildman–Crippen MR) is 68.8 cm³/mol.